The number of aromatic hydroxyl groups is 2. The minimum Gasteiger partial charge on any atom is -0.504 e. The van der Waals surface area contributed by atoms with E-state index in [2.05, 4.69) is 0 Å². The van der Waals surface area contributed by atoms with Crippen LogP contribution in [0.25, 0.3) is 0 Å². The standard InChI is InChI=1S/C9H11NO4.ClH3Si/c10-6(9(13)14)3-5-1-2-7(11)8(12)4-5;1-2/h1-2,4,6,11-12H,3,10H2,(H,13,14);2H3. The van der Waals surface area contributed by atoms with Crippen LogP contribution in [0.1, 0.15) is 5.56 Å². The van der Waals surface area contributed by atoms with Gasteiger partial charge in [0, 0.05) is 0 Å². The number of aliphatic carboxylic acids is 1. The van der Waals surface area contributed by atoms with Gasteiger partial charge in [-0.1, -0.05) is 6.07 Å². The van der Waals surface area contributed by atoms with Gasteiger partial charge in [-0.15, -0.1) is 0 Å². The van der Waals surface area contributed by atoms with Crippen LogP contribution < -0.4 is 5.73 Å². The highest BCUT2D eigenvalue weighted by Gasteiger charge is 2.12. The van der Waals surface area contributed by atoms with Crippen LogP contribution in [0.5, 0.6) is 11.5 Å². The summed E-state index contributed by atoms with van der Waals surface area (Å²) in [5.41, 5.74) is 5.86. The molecular weight excluding hydrogens is 250 g/mol. The summed E-state index contributed by atoms with van der Waals surface area (Å²) in [5.74, 6) is -1.62. The van der Waals surface area contributed by atoms with Gasteiger partial charge in [0.25, 0.3) is 0 Å². The fourth-order valence-electron chi connectivity index (χ4n) is 1.04. The SMILES string of the molecule is NC(Cc1ccc(O)c(O)c1)C(=O)O.[SiH3]Cl. The Morgan fingerprint density at radius 1 is 1.38 bits per heavy atom. The van der Waals surface area contributed by atoms with E-state index in [-0.39, 0.29) is 17.9 Å². The molecule has 0 aliphatic heterocycles. The zero-order chi connectivity index (χ0) is 12.7. The van der Waals surface area contributed by atoms with Gasteiger partial charge in [-0.25, -0.2) is 0 Å². The minimum atomic E-state index is -1.10. The van der Waals surface area contributed by atoms with Crippen molar-refractivity contribution in [2.24, 2.45) is 5.73 Å². The van der Waals surface area contributed by atoms with E-state index in [1.165, 1.54) is 18.2 Å². The van der Waals surface area contributed by atoms with Gasteiger partial charge in [-0.2, -0.15) is 11.1 Å². The normalized spacial score (nSPS) is 11.4. The molecule has 0 aliphatic rings. The predicted octanol–water partition coefficient (Wildman–Crippen LogP) is -0.442. The van der Waals surface area contributed by atoms with Gasteiger partial charge in [0.2, 0.25) is 0 Å². The Morgan fingerprint density at radius 3 is 2.38 bits per heavy atom. The molecule has 1 atom stereocenters. The van der Waals surface area contributed by atoms with Crippen LogP contribution in [0, 0.1) is 0 Å². The first-order valence-corrected chi connectivity index (χ1v) is 7.40. The lowest BCUT2D eigenvalue weighted by atomic mass is 10.1. The second kappa shape index (κ2) is 7.10. The summed E-state index contributed by atoms with van der Waals surface area (Å²) in [6, 6.07) is 3.09. The molecule has 0 saturated heterocycles. The molecule has 90 valence electrons. The summed E-state index contributed by atoms with van der Waals surface area (Å²) in [6.07, 6.45) is 0.114. The number of rotatable bonds is 3. The van der Waals surface area contributed by atoms with E-state index in [1.54, 1.807) is 0 Å². The van der Waals surface area contributed by atoms with Crippen LogP contribution in [0.3, 0.4) is 0 Å². The molecule has 0 spiro atoms. The molecule has 1 rings (SSSR count). The molecule has 5 N–H and O–H groups in total. The molecule has 1 aromatic carbocycles. The van der Waals surface area contributed by atoms with E-state index in [9.17, 15) is 4.79 Å². The Bertz CT molecular complexity index is 361. The number of carboxylic acids is 1. The van der Waals surface area contributed by atoms with Crippen LogP contribution in [-0.2, 0) is 11.2 Å². The van der Waals surface area contributed by atoms with Crippen LogP contribution in [0.15, 0.2) is 18.2 Å². The maximum absolute atomic E-state index is 10.4. The van der Waals surface area contributed by atoms with Crippen LogP contribution in [-0.4, -0.2) is 36.9 Å². The molecule has 7 heteroatoms. The second-order valence-corrected chi connectivity index (χ2v) is 2.97. The summed E-state index contributed by atoms with van der Waals surface area (Å²) in [4.78, 5) is 10.4. The van der Waals surface area contributed by atoms with Crippen LogP contribution >= 0.6 is 11.1 Å². The molecule has 0 fully saturated rings. The molecule has 1 unspecified atom stereocenters. The highest BCUT2D eigenvalue weighted by molar-refractivity contribution is 6.80. The van der Waals surface area contributed by atoms with Gasteiger partial charge in [-0.3, -0.25) is 4.79 Å². The number of hydrogen-bond donors (Lipinski definition) is 4. The molecule has 0 radical (unpaired) electrons. The van der Waals surface area contributed by atoms with E-state index < -0.39 is 12.0 Å². The predicted molar refractivity (Wildman–Crippen MR) is 64.9 cm³/mol. The van der Waals surface area contributed by atoms with E-state index in [0.29, 0.717) is 5.56 Å². The van der Waals surface area contributed by atoms with E-state index in [4.69, 9.17) is 32.1 Å². The third-order valence-electron chi connectivity index (χ3n) is 1.81. The fraction of sp³-hybridized carbons (Fsp3) is 0.222. The number of phenolic OH excluding ortho intramolecular Hbond substituents is 2. The minimum absolute atomic E-state index is 0.114. The average Bonchev–Trinajstić information content (AvgIpc) is 2.26. The lowest BCUT2D eigenvalue weighted by molar-refractivity contribution is -0.138. The van der Waals surface area contributed by atoms with Crippen molar-refractivity contribution in [2.75, 3.05) is 0 Å². The first-order valence-electron chi connectivity index (χ1n) is 4.37. The number of benzene rings is 1. The van der Waals surface area contributed by atoms with Crippen molar-refractivity contribution in [3.8, 4) is 11.5 Å². The lowest BCUT2D eigenvalue weighted by Gasteiger charge is -2.06. The molecule has 0 aliphatic carbocycles. The highest BCUT2D eigenvalue weighted by Crippen LogP contribution is 2.25. The van der Waals surface area contributed by atoms with Gasteiger partial charge < -0.3 is 21.1 Å². The molecule has 0 bridgehead atoms. The van der Waals surface area contributed by atoms with Crippen molar-refractivity contribution in [3.05, 3.63) is 23.8 Å². The number of nitrogens with two attached hydrogens (primary N) is 1. The van der Waals surface area contributed by atoms with Crippen molar-refractivity contribution in [1.82, 2.24) is 0 Å². The average molecular weight is 264 g/mol. The molecule has 0 heterocycles. The van der Waals surface area contributed by atoms with E-state index >= 15 is 0 Å². The number of carboxylic acid groups (broad SMARTS) is 1. The van der Waals surface area contributed by atoms with Crippen LogP contribution in [0.4, 0.5) is 0 Å². The summed E-state index contributed by atoms with van der Waals surface area (Å²) >= 11 is 4.78. The first kappa shape index (κ1) is 14.8. The molecule has 16 heavy (non-hydrogen) atoms. The topological polar surface area (TPSA) is 104 Å². The van der Waals surface area contributed by atoms with Crippen molar-refractivity contribution in [2.45, 2.75) is 12.5 Å². The zero-order valence-corrected chi connectivity index (χ0v) is 11.5. The Morgan fingerprint density at radius 2 is 1.94 bits per heavy atom. The van der Waals surface area contributed by atoms with Gasteiger partial charge >= 0.3 is 5.97 Å². The molecular formula is C9H14ClNO4Si. The van der Waals surface area contributed by atoms with Crippen LogP contribution in [0.2, 0.25) is 0 Å². The number of phenols is 2. The molecule has 0 aromatic heterocycles. The maximum atomic E-state index is 10.4. The quantitative estimate of drug-likeness (QED) is 0.336. The summed E-state index contributed by atoms with van der Waals surface area (Å²) in [6.45, 7) is 0. The Balaban J connectivity index is 0.00000106. The molecule has 0 saturated carbocycles. The van der Waals surface area contributed by atoms with Gasteiger partial charge in [0.15, 0.2) is 11.5 Å². The monoisotopic (exact) mass is 263 g/mol. The summed E-state index contributed by atoms with van der Waals surface area (Å²) in [5, 5.41) is 26.6. The number of halogens is 1. The summed E-state index contributed by atoms with van der Waals surface area (Å²) in [7, 11) is 0.778. The Labute approximate surface area is 101 Å². The smallest absolute Gasteiger partial charge is 0.320 e. The third kappa shape index (κ3) is 4.52. The van der Waals surface area contributed by atoms with E-state index in [0.717, 1.165) is 9.55 Å². The van der Waals surface area contributed by atoms with Crippen molar-refractivity contribution < 1.29 is 20.1 Å². The largest absolute Gasteiger partial charge is 0.504 e. The van der Waals surface area contributed by atoms with Crippen molar-refractivity contribution in [1.29, 1.82) is 0 Å². The van der Waals surface area contributed by atoms with Gasteiger partial charge in [-0.05, 0) is 24.1 Å². The van der Waals surface area contributed by atoms with Crippen molar-refractivity contribution >= 4 is 26.6 Å². The van der Waals surface area contributed by atoms with Gasteiger partial charge in [0.05, 0.1) is 0 Å². The number of carbonyl (C=O) groups is 1. The highest BCUT2D eigenvalue weighted by atomic mass is 35.6. The van der Waals surface area contributed by atoms with E-state index in [1.807, 2.05) is 0 Å². The zero-order valence-electron chi connectivity index (χ0n) is 8.72. The first-order chi connectivity index (χ1) is 7.50. The lowest BCUT2D eigenvalue weighted by Crippen LogP contribution is -2.32. The van der Waals surface area contributed by atoms with Crippen molar-refractivity contribution in [3.63, 3.8) is 0 Å². The molecule has 0 amide bonds. The Hall–Kier alpha value is -1.24. The molecule has 5 nitrogen and oxygen atoms in total. The third-order valence-corrected chi connectivity index (χ3v) is 1.81. The molecule has 1 aromatic rings. The maximum Gasteiger partial charge on any atom is 0.320 e. The van der Waals surface area contributed by atoms with Gasteiger partial charge in [0.1, 0.15) is 15.6 Å². The summed E-state index contributed by atoms with van der Waals surface area (Å²) < 4.78 is 0. The second-order valence-electron chi connectivity index (χ2n) is 2.97. The Kier molecular flexibility index (Phi) is 6.55. The number of hydrogen-bond acceptors (Lipinski definition) is 4. The fourth-order valence-corrected chi connectivity index (χ4v) is 1.04.